The van der Waals surface area contributed by atoms with Crippen molar-refractivity contribution < 1.29 is 13.2 Å². The van der Waals surface area contributed by atoms with Crippen molar-refractivity contribution in [2.75, 3.05) is 11.4 Å². The maximum Gasteiger partial charge on any atom is 0.265 e. The van der Waals surface area contributed by atoms with E-state index in [4.69, 9.17) is 4.74 Å². The molecule has 0 aliphatic rings. The topological polar surface area (TPSA) is 46.6 Å². The van der Waals surface area contributed by atoms with Gasteiger partial charge in [0.25, 0.3) is 10.0 Å². The Morgan fingerprint density at radius 3 is 2.22 bits per heavy atom. The van der Waals surface area contributed by atoms with Crippen molar-refractivity contribution in [3.63, 3.8) is 0 Å². The molecule has 3 rings (SSSR count). The number of rotatable bonds is 6. The lowest BCUT2D eigenvalue weighted by molar-refractivity contribution is 0.413. The summed E-state index contributed by atoms with van der Waals surface area (Å²) in [6.45, 7) is 3.90. The zero-order valence-electron chi connectivity index (χ0n) is 15.7. The number of hydrogen-bond donors (Lipinski definition) is 0. The molecule has 4 nitrogen and oxygen atoms in total. The van der Waals surface area contributed by atoms with Crippen LogP contribution >= 0.6 is 0 Å². The summed E-state index contributed by atoms with van der Waals surface area (Å²) in [7, 11) is -2.27. The van der Waals surface area contributed by atoms with E-state index in [1.807, 2.05) is 68.4 Å². The first-order valence-corrected chi connectivity index (χ1v) is 10.2. The number of methoxy groups -OCH3 is 1. The van der Waals surface area contributed by atoms with E-state index in [1.54, 1.807) is 24.3 Å². The summed E-state index contributed by atoms with van der Waals surface area (Å²) in [5.41, 5.74) is 2.63. The lowest BCUT2D eigenvalue weighted by Gasteiger charge is -2.31. The molecule has 0 bridgehead atoms. The number of benzene rings is 3. The molecule has 0 spiro atoms. The van der Waals surface area contributed by atoms with Crippen LogP contribution in [0.2, 0.25) is 0 Å². The molecule has 0 N–H and O–H groups in total. The Balaban J connectivity index is 2.17. The van der Waals surface area contributed by atoms with E-state index in [1.165, 1.54) is 11.4 Å². The molecule has 27 heavy (non-hydrogen) atoms. The summed E-state index contributed by atoms with van der Waals surface area (Å²) in [6.07, 6.45) is 0. The van der Waals surface area contributed by atoms with Gasteiger partial charge >= 0.3 is 0 Å². The van der Waals surface area contributed by atoms with E-state index in [0.29, 0.717) is 11.4 Å². The van der Waals surface area contributed by atoms with Crippen LogP contribution in [-0.2, 0) is 10.0 Å². The fourth-order valence-corrected chi connectivity index (χ4v) is 4.87. The molecular weight excluding hydrogens is 358 g/mol. The van der Waals surface area contributed by atoms with E-state index >= 15 is 0 Å². The number of anilines is 1. The van der Waals surface area contributed by atoms with Gasteiger partial charge in [-0.15, -0.1) is 0 Å². The first kappa shape index (κ1) is 19.0. The minimum absolute atomic E-state index is 0.200. The van der Waals surface area contributed by atoms with Gasteiger partial charge in [-0.1, -0.05) is 48.5 Å². The van der Waals surface area contributed by atoms with Gasteiger partial charge in [0, 0.05) is 6.07 Å². The van der Waals surface area contributed by atoms with Gasteiger partial charge < -0.3 is 4.74 Å². The van der Waals surface area contributed by atoms with Gasteiger partial charge in [0.2, 0.25) is 0 Å². The highest BCUT2D eigenvalue weighted by Crippen LogP contribution is 2.34. The first-order chi connectivity index (χ1) is 12.9. The monoisotopic (exact) mass is 381 g/mol. The highest BCUT2D eigenvalue weighted by molar-refractivity contribution is 7.92. The van der Waals surface area contributed by atoms with E-state index in [0.717, 1.165) is 11.1 Å². The Morgan fingerprint density at radius 2 is 1.56 bits per heavy atom. The number of ether oxygens (including phenoxy) is 1. The summed E-state index contributed by atoms with van der Waals surface area (Å²) in [4.78, 5) is 0.200. The van der Waals surface area contributed by atoms with Crippen LogP contribution in [0.1, 0.15) is 24.1 Å². The van der Waals surface area contributed by atoms with Gasteiger partial charge in [-0.3, -0.25) is 4.31 Å². The molecule has 0 aromatic heterocycles. The maximum absolute atomic E-state index is 13.6. The number of nitrogens with zero attached hydrogens (tertiary/aromatic N) is 1. The average molecular weight is 381 g/mol. The Hall–Kier alpha value is -2.79. The molecule has 0 saturated heterocycles. The van der Waals surface area contributed by atoms with Crippen molar-refractivity contribution in [3.8, 4) is 5.75 Å². The first-order valence-electron chi connectivity index (χ1n) is 8.74. The van der Waals surface area contributed by atoms with Crippen molar-refractivity contribution in [2.45, 2.75) is 24.8 Å². The van der Waals surface area contributed by atoms with E-state index < -0.39 is 10.0 Å². The Labute approximate surface area is 161 Å². The van der Waals surface area contributed by atoms with Crippen molar-refractivity contribution in [2.24, 2.45) is 0 Å². The lowest BCUT2D eigenvalue weighted by atomic mass is 10.0. The zero-order chi connectivity index (χ0) is 19.4. The number of para-hydroxylation sites is 1. The van der Waals surface area contributed by atoms with Crippen molar-refractivity contribution in [3.05, 3.63) is 90.0 Å². The lowest BCUT2D eigenvalue weighted by Crippen LogP contribution is -2.34. The minimum atomic E-state index is -3.80. The predicted octanol–water partition coefficient (Wildman–Crippen LogP) is 4.96. The van der Waals surface area contributed by atoms with Crippen LogP contribution < -0.4 is 9.04 Å². The van der Waals surface area contributed by atoms with Gasteiger partial charge in [-0.2, -0.15) is 0 Å². The van der Waals surface area contributed by atoms with Crippen LogP contribution in [0.15, 0.2) is 83.8 Å². The van der Waals surface area contributed by atoms with Crippen molar-refractivity contribution >= 4 is 15.7 Å². The molecule has 3 aromatic rings. The third kappa shape index (κ3) is 3.83. The Morgan fingerprint density at radius 1 is 0.889 bits per heavy atom. The third-order valence-corrected chi connectivity index (χ3v) is 6.49. The third-order valence-electron chi connectivity index (χ3n) is 4.60. The smallest absolute Gasteiger partial charge is 0.265 e. The summed E-state index contributed by atoms with van der Waals surface area (Å²) in [5, 5.41) is 0. The standard InChI is InChI=1S/C22H23NO3S/c1-17-10-7-8-15-22(17)18(2)23(19-11-5-4-6-12-19)27(24,25)21-14-9-13-20(16-21)26-3/h4-16,18H,1-3H3/t18-/m1/s1. The number of aryl methyl sites for hydroxylation is 1. The van der Waals surface area contributed by atoms with Gasteiger partial charge in [-0.25, -0.2) is 8.42 Å². The van der Waals surface area contributed by atoms with Gasteiger partial charge in [-0.05, 0) is 49.2 Å². The molecule has 0 saturated carbocycles. The molecule has 0 heterocycles. The van der Waals surface area contributed by atoms with Gasteiger partial charge in [0.05, 0.1) is 23.7 Å². The van der Waals surface area contributed by atoms with Crippen LogP contribution in [-0.4, -0.2) is 15.5 Å². The van der Waals surface area contributed by atoms with E-state index in [-0.39, 0.29) is 10.9 Å². The molecule has 1 atom stereocenters. The SMILES string of the molecule is COc1cccc(S(=O)(=O)N(c2ccccc2)[C@H](C)c2ccccc2C)c1. The second-order valence-electron chi connectivity index (χ2n) is 6.35. The fourth-order valence-electron chi connectivity index (χ4n) is 3.20. The largest absolute Gasteiger partial charge is 0.497 e. The molecule has 0 aliphatic carbocycles. The summed E-state index contributed by atoms with van der Waals surface area (Å²) >= 11 is 0. The number of sulfonamides is 1. The summed E-state index contributed by atoms with van der Waals surface area (Å²) < 4.78 is 33.9. The minimum Gasteiger partial charge on any atom is -0.497 e. The molecular formula is C22H23NO3S. The quantitative estimate of drug-likeness (QED) is 0.606. The molecule has 3 aromatic carbocycles. The molecule has 0 fully saturated rings. The number of hydrogen-bond acceptors (Lipinski definition) is 3. The Bertz CT molecular complexity index is 1020. The second-order valence-corrected chi connectivity index (χ2v) is 8.16. The highest BCUT2D eigenvalue weighted by Gasteiger charge is 2.31. The van der Waals surface area contributed by atoms with Crippen LogP contribution in [0.4, 0.5) is 5.69 Å². The fraction of sp³-hybridized carbons (Fsp3) is 0.182. The highest BCUT2D eigenvalue weighted by atomic mass is 32.2. The molecule has 0 aliphatic heterocycles. The predicted molar refractivity (Wildman–Crippen MR) is 109 cm³/mol. The van der Waals surface area contributed by atoms with E-state index in [2.05, 4.69) is 0 Å². The van der Waals surface area contributed by atoms with Crippen LogP contribution in [0.3, 0.4) is 0 Å². The van der Waals surface area contributed by atoms with E-state index in [9.17, 15) is 8.42 Å². The van der Waals surface area contributed by atoms with Crippen LogP contribution in [0, 0.1) is 6.92 Å². The molecule has 0 unspecified atom stereocenters. The Kier molecular flexibility index (Phi) is 5.51. The van der Waals surface area contributed by atoms with Crippen molar-refractivity contribution in [1.29, 1.82) is 0 Å². The summed E-state index contributed by atoms with van der Waals surface area (Å²) in [6, 6.07) is 23.2. The molecule has 5 heteroatoms. The summed E-state index contributed by atoms with van der Waals surface area (Å²) in [5.74, 6) is 0.507. The molecule has 140 valence electrons. The molecule has 0 amide bonds. The normalized spacial score (nSPS) is 12.4. The van der Waals surface area contributed by atoms with Gasteiger partial charge in [0.15, 0.2) is 0 Å². The van der Waals surface area contributed by atoms with Gasteiger partial charge in [0.1, 0.15) is 5.75 Å². The van der Waals surface area contributed by atoms with Crippen molar-refractivity contribution in [1.82, 2.24) is 0 Å². The van der Waals surface area contributed by atoms with Crippen LogP contribution in [0.25, 0.3) is 0 Å². The molecule has 0 radical (unpaired) electrons. The average Bonchev–Trinajstić information content (AvgIpc) is 2.69. The zero-order valence-corrected chi connectivity index (χ0v) is 16.5. The second kappa shape index (κ2) is 7.84. The van der Waals surface area contributed by atoms with Crippen LogP contribution in [0.5, 0.6) is 5.75 Å². The maximum atomic E-state index is 13.6.